The first kappa shape index (κ1) is 13.5. The number of benzene rings is 1. The third kappa shape index (κ3) is 3.45. The van der Waals surface area contributed by atoms with Crippen molar-refractivity contribution in [3.05, 3.63) is 29.3 Å². The number of nitrogens with zero attached hydrogens (tertiary/aromatic N) is 2. The van der Waals surface area contributed by atoms with Crippen LogP contribution >= 0.6 is 0 Å². The number of hydrogen-bond donors (Lipinski definition) is 2. The van der Waals surface area contributed by atoms with Gasteiger partial charge in [0.15, 0.2) is 0 Å². The molecule has 0 aliphatic rings. The minimum atomic E-state index is -0.0578. The van der Waals surface area contributed by atoms with Crippen molar-refractivity contribution in [2.24, 2.45) is 0 Å². The van der Waals surface area contributed by atoms with Gasteiger partial charge in [-0.25, -0.2) is 0 Å². The first-order valence-corrected chi connectivity index (χ1v) is 5.76. The van der Waals surface area contributed by atoms with Gasteiger partial charge in [-0.2, -0.15) is 5.26 Å². The summed E-state index contributed by atoms with van der Waals surface area (Å²) in [5.41, 5.74) is 2.17. The molecule has 0 aliphatic carbocycles. The second-order valence-electron chi connectivity index (χ2n) is 3.78. The number of hydrogen-bond acceptors (Lipinski definition) is 4. The third-order valence-corrected chi connectivity index (χ3v) is 2.67. The molecular weight excluding hydrogens is 216 g/mol. The van der Waals surface area contributed by atoms with Crippen molar-refractivity contribution < 1.29 is 10.2 Å². The number of aliphatic hydroxyl groups is 2. The number of rotatable bonds is 6. The highest BCUT2D eigenvalue weighted by Crippen LogP contribution is 2.21. The molecule has 0 bridgehead atoms. The molecule has 2 N–H and O–H groups in total. The molecule has 4 heteroatoms. The van der Waals surface area contributed by atoms with Crippen molar-refractivity contribution in [1.82, 2.24) is 0 Å². The topological polar surface area (TPSA) is 67.5 Å². The molecule has 0 radical (unpaired) electrons. The van der Waals surface area contributed by atoms with Crippen molar-refractivity contribution in [3.8, 4) is 6.07 Å². The van der Waals surface area contributed by atoms with Crippen LogP contribution in [0.15, 0.2) is 18.2 Å². The van der Waals surface area contributed by atoms with Gasteiger partial charge in [0.2, 0.25) is 0 Å². The Bertz CT molecular complexity index is 399. The monoisotopic (exact) mass is 234 g/mol. The molecule has 0 saturated carbocycles. The van der Waals surface area contributed by atoms with Crippen LogP contribution < -0.4 is 4.90 Å². The average Bonchev–Trinajstić information content (AvgIpc) is 2.39. The Morgan fingerprint density at radius 2 is 2.12 bits per heavy atom. The maximum Gasteiger partial charge on any atom is 0.101 e. The van der Waals surface area contributed by atoms with E-state index < -0.39 is 0 Å². The summed E-state index contributed by atoms with van der Waals surface area (Å²) in [5, 5.41) is 27.0. The van der Waals surface area contributed by atoms with Crippen LogP contribution in [-0.4, -0.2) is 29.9 Å². The first-order chi connectivity index (χ1) is 8.26. The van der Waals surface area contributed by atoms with Gasteiger partial charge in [0.1, 0.15) is 6.07 Å². The van der Waals surface area contributed by atoms with Gasteiger partial charge in [-0.05, 0) is 31.0 Å². The number of nitriles is 1. The van der Waals surface area contributed by atoms with E-state index in [4.69, 9.17) is 15.5 Å². The Kier molecular flexibility index (Phi) is 5.47. The quantitative estimate of drug-likeness (QED) is 0.777. The van der Waals surface area contributed by atoms with E-state index in [1.807, 2.05) is 19.1 Å². The summed E-state index contributed by atoms with van der Waals surface area (Å²) in [6.45, 7) is 3.61. The Morgan fingerprint density at radius 1 is 1.35 bits per heavy atom. The SMILES string of the molecule is CCN(CCCO)c1ccc(CO)cc1C#N. The van der Waals surface area contributed by atoms with Gasteiger partial charge >= 0.3 is 0 Å². The van der Waals surface area contributed by atoms with Crippen LogP contribution in [0.1, 0.15) is 24.5 Å². The predicted octanol–water partition coefficient (Wildman–Crippen LogP) is 1.26. The fourth-order valence-corrected chi connectivity index (χ4v) is 1.76. The summed E-state index contributed by atoms with van der Waals surface area (Å²) in [7, 11) is 0. The maximum absolute atomic E-state index is 9.10. The third-order valence-electron chi connectivity index (χ3n) is 2.67. The summed E-state index contributed by atoms with van der Waals surface area (Å²) >= 11 is 0. The normalized spacial score (nSPS) is 10.0. The fourth-order valence-electron chi connectivity index (χ4n) is 1.76. The van der Waals surface area contributed by atoms with Gasteiger partial charge in [-0.1, -0.05) is 6.07 Å². The molecule has 0 atom stereocenters. The molecule has 1 rings (SSSR count). The van der Waals surface area contributed by atoms with Crippen LogP contribution in [0.5, 0.6) is 0 Å². The van der Waals surface area contributed by atoms with E-state index in [2.05, 4.69) is 11.0 Å². The molecule has 92 valence electrons. The Balaban J connectivity index is 2.98. The van der Waals surface area contributed by atoms with Crippen LogP contribution in [-0.2, 0) is 6.61 Å². The van der Waals surface area contributed by atoms with Gasteiger partial charge in [0, 0.05) is 19.7 Å². The molecule has 0 fully saturated rings. The molecular formula is C13H18N2O2. The molecule has 4 nitrogen and oxygen atoms in total. The molecule has 0 saturated heterocycles. The zero-order valence-electron chi connectivity index (χ0n) is 10.1. The van der Waals surface area contributed by atoms with Gasteiger partial charge in [0.05, 0.1) is 17.9 Å². The highest BCUT2D eigenvalue weighted by atomic mass is 16.3. The van der Waals surface area contributed by atoms with Crippen LogP contribution in [0, 0.1) is 11.3 Å². The predicted molar refractivity (Wildman–Crippen MR) is 66.7 cm³/mol. The lowest BCUT2D eigenvalue weighted by molar-refractivity contribution is 0.282. The highest BCUT2D eigenvalue weighted by molar-refractivity contribution is 5.60. The zero-order valence-corrected chi connectivity index (χ0v) is 10.1. The molecule has 1 aromatic rings. The summed E-state index contributed by atoms with van der Waals surface area (Å²) in [6, 6.07) is 7.52. The van der Waals surface area contributed by atoms with Crippen molar-refractivity contribution in [2.45, 2.75) is 20.0 Å². The zero-order chi connectivity index (χ0) is 12.7. The van der Waals surface area contributed by atoms with Crippen LogP contribution in [0.25, 0.3) is 0 Å². The molecule has 0 heterocycles. The Morgan fingerprint density at radius 3 is 2.65 bits per heavy atom. The van der Waals surface area contributed by atoms with Crippen molar-refractivity contribution >= 4 is 5.69 Å². The van der Waals surface area contributed by atoms with E-state index in [9.17, 15) is 0 Å². The van der Waals surface area contributed by atoms with E-state index in [0.717, 1.165) is 24.3 Å². The van der Waals surface area contributed by atoms with Crippen LogP contribution in [0.2, 0.25) is 0 Å². The van der Waals surface area contributed by atoms with E-state index in [-0.39, 0.29) is 13.2 Å². The number of aliphatic hydroxyl groups excluding tert-OH is 2. The summed E-state index contributed by atoms with van der Waals surface area (Å²) in [6.07, 6.45) is 0.681. The summed E-state index contributed by atoms with van der Waals surface area (Å²) in [4.78, 5) is 2.05. The summed E-state index contributed by atoms with van der Waals surface area (Å²) in [5.74, 6) is 0. The Labute approximate surface area is 102 Å². The molecule has 0 spiro atoms. The Hall–Kier alpha value is -1.57. The lowest BCUT2D eigenvalue weighted by Gasteiger charge is -2.24. The van der Waals surface area contributed by atoms with Crippen molar-refractivity contribution in [2.75, 3.05) is 24.6 Å². The highest BCUT2D eigenvalue weighted by Gasteiger charge is 2.09. The number of anilines is 1. The molecule has 0 amide bonds. The standard InChI is InChI=1S/C13H18N2O2/c1-2-15(6-3-7-16)13-5-4-11(10-17)8-12(13)9-14/h4-5,8,16-17H,2-3,6-7,10H2,1H3. The van der Waals surface area contributed by atoms with E-state index in [1.54, 1.807) is 6.07 Å². The molecule has 1 aromatic carbocycles. The molecule has 0 aromatic heterocycles. The van der Waals surface area contributed by atoms with Crippen molar-refractivity contribution in [3.63, 3.8) is 0 Å². The molecule has 0 aliphatic heterocycles. The minimum Gasteiger partial charge on any atom is -0.396 e. The largest absolute Gasteiger partial charge is 0.396 e. The van der Waals surface area contributed by atoms with Gasteiger partial charge in [-0.15, -0.1) is 0 Å². The lowest BCUT2D eigenvalue weighted by atomic mass is 10.1. The van der Waals surface area contributed by atoms with E-state index >= 15 is 0 Å². The van der Waals surface area contributed by atoms with Gasteiger partial charge in [0.25, 0.3) is 0 Å². The first-order valence-electron chi connectivity index (χ1n) is 5.76. The second kappa shape index (κ2) is 6.89. The van der Waals surface area contributed by atoms with E-state index in [0.29, 0.717) is 12.0 Å². The molecule has 0 unspecified atom stereocenters. The lowest BCUT2D eigenvalue weighted by Crippen LogP contribution is -2.25. The minimum absolute atomic E-state index is 0.0578. The van der Waals surface area contributed by atoms with Gasteiger partial charge < -0.3 is 15.1 Å². The van der Waals surface area contributed by atoms with Crippen LogP contribution in [0.3, 0.4) is 0 Å². The second-order valence-corrected chi connectivity index (χ2v) is 3.78. The van der Waals surface area contributed by atoms with Crippen molar-refractivity contribution in [1.29, 1.82) is 5.26 Å². The maximum atomic E-state index is 9.10. The van der Waals surface area contributed by atoms with Gasteiger partial charge in [-0.3, -0.25) is 0 Å². The average molecular weight is 234 g/mol. The summed E-state index contributed by atoms with van der Waals surface area (Å²) < 4.78 is 0. The smallest absolute Gasteiger partial charge is 0.101 e. The van der Waals surface area contributed by atoms with E-state index in [1.165, 1.54) is 0 Å². The fraction of sp³-hybridized carbons (Fsp3) is 0.462. The van der Waals surface area contributed by atoms with Crippen LogP contribution in [0.4, 0.5) is 5.69 Å². The molecule has 17 heavy (non-hydrogen) atoms.